The molecule has 0 atom stereocenters. The third-order valence-electron chi connectivity index (χ3n) is 2.02. The minimum Gasteiger partial charge on any atom is -0.477 e. The summed E-state index contributed by atoms with van der Waals surface area (Å²) in [6.45, 7) is 2.76. The highest BCUT2D eigenvalue weighted by Crippen LogP contribution is 2.06. The Hall–Kier alpha value is -1.65. The molecule has 1 aromatic rings. The number of carbonyl (C=O) groups excluding carboxylic acids is 1. The topological polar surface area (TPSA) is 61.3 Å². The normalized spacial score (nSPS) is 9.88. The van der Waals surface area contributed by atoms with Gasteiger partial charge in [-0.05, 0) is 6.42 Å². The van der Waals surface area contributed by atoms with E-state index in [1.165, 1.54) is 19.5 Å². The summed E-state index contributed by atoms with van der Waals surface area (Å²) in [4.78, 5) is 18.9. The zero-order valence-corrected chi connectivity index (χ0v) is 9.60. The van der Waals surface area contributed by atoms with Crippen molar-refractivity contribution in [3.05, 3.63) is 18.1 Å². The van der Waals surface area contributed by atoms with E-state index in [0.717, 1.165) is 19.3 Å². The number of rotatable bonds is 6. The molecule has 0 aliphatic rings. The van der Waals surface area contributed by atoms with E-state index in [2.05, 4.69) is 21.6 Å². The third-order valence-corrected chi connectivity index (χ3v) is 2.02. The summed E-state index contributed by atoms with van der Waals surface area (Å²) in [7, 11) is 1.30. The Labute approximate surface area is 94.8 Å². The zero-order valence-electron chi connectivity index (χ0n) is 9.60. The van der Waals surface area contributed by atoms with Crippen LogP contribution < -0.4 is 4.74 Å². The quantitative estimate of drug-likeness (QED) is 0.545. The summed E-state index contributed by atoms with van der Waals surface area (Å²) in [5.74, 6) is -0.0613. The maximum absolute atomic E-state index is 11.1. The van der Waals surface area contributed by atoms with Gasteiger partial charge in [-0.15, -0.1) is 0 Å². The second kappa shape index (κ2) is 6.76. The van der Waals surface area contributed by atoms with Gasteiger partial charge in [0.1, 0.15) is 0 Å². The van der Waals surface area contributed by atoms with Crippen molar-refractivity contribution in [1.29, 1.82) is 0 Å². The fourth-order valence-corrected chi connectivity index (χ4v) is 1.13. The first-order valence-electron chi connectivity index (χ1n) is 5.31. The third kappa shape index (κ3) is 3.84. The van der Waals surface area contributed by atoms with Crippen LogP contribution >= 0.6 is 0 Å². The van der Waals surface area contributed by atoms with E-state index in [-0.39, 0.29) is 5.69 Å². The average molecular weight is 224 g/mol. The van der Waals surface area contributed by atoms with Crippen LogP contribution in [0.15, 0.2) is 12.4 Å². The average Bonchev–Trinajstić information content (AvgIpc) is 2.34. The number of carbonyl (C=O) groups is 1. The smallest absolute Gasteiger partial charge is 0.358 e. The number of esters is 1. The van der Waals surface area contributed by atoms with Crippen molar-refractivity contribution in [2.45, 2.75) is 26.2 Å². The van der Waals surface area contributed by atoms with Crippen LogP contribution in [-0.2, 0) is 4.74 Å². The predicted octanol–water partition coefficient (Wildman–Crippen LogP) is 1.83. The monoisotopic (exact) mass is 224 g/mol. The van der Waals surface area contributed by atoms with Gasteiger partial charge < -0.3 is 9.47 Å². The van der Waals surface area contributed by atoms with Crippen LogP contribution in [-0.4, -0.2) is 29.7 Å². The van der Waals surface area contributed by atoms with Crippen molar-refractivity contribution in [1.82, 2.24) is 9.97 Å². The number of nitrogens with zero attached hydrogens (tertiary/aromatic N) is 2. The van der Waals surface area contributed by atoms with Crippen LogP contribution in [0.25, 0.3) is 0 Å². The predicted molar refractivity (Wildman–Crippen MR) is 58.4 cm³/mol. The molecule has 0 unspecified atom stereocenters. The molecule has 0 spiro atoms. The van der Waals surface area contributed by atoms with Crippen molar-refractivity contribution in [2.24, 2.45) is 0 Å². The summed E-state index contributed by atoms with van der Waals surface area (Å²) in [6, 6.07) is 0. The van der Waals surface area contributed by atoms with Gasteiger partial charge in [0.25, 0.3) is 0 Å². The van der Waals surface area contributed by atoms with Gasteiger partial charge in [0, 0.05) is 0 Å². The maximum Gasteiger partial charge on any atom is 0.358 e. The number of methoxy groups -OCH3 is 1. The summed E-state index contributed by atoms with van der Waals surface area (Å²) in [5.41, 5.74) is 0.184. The SMILES string of the molecule is CCCCCOc1cnc(C(=O)OC)cn1. The molecule has 16 heavy (non-hydrogen) atoms. The summed E-state index contributed by atoms with van der Waals surface area (Å²) in [6.07, 6.45) is 6.06. The van der Waals surface area contributed by atoms with Gasteiger partial charge in [-0.3, -0.25) is 0 Å². The molecule has 0 radical (unpaired) electrons. The lowest BCUT2D eigenvalue weighted by molar-refractivity contribution is 0.0593. The van der Waals surface area contributed by atoms with E-state index in [4.69, 9.17) is 4.74 Å². The van der Waals surface area contributed by atoms with Crippen molar-refractivity contribution < 1.29 is 14.3 Å². The van der Waals surface area contributed by atoms with Crippen molar-refractivity contribution in [3.63, 3.8) is 0 Å². The van der Waals surface area contributed by atoms with Crippen LogP contribution in [0.2, 0.25) is 0 Å². The van der Waals surface area contributed by atoms with Crippen molar-refractivity contribution >= 4 is 5.97 Å². The Morgan fingerprint density at radius 1 is 1.31 bits per heavy atom. The fraction of sp³-hybridized carbons (Fsp3) is 0.545. The molecule has 0 saturated carbocycles. The van der Waals surface area contributed by atoms with E-state index in [1.54, 1.807) is 0 Å². The molecule has 0 aromatic carbocycles. The number of ether oxygens (including phenoxy) is 2. The minimum absolute atomic E-state index is 0.184. The fourth-order valence-electron chi connectivity index (χ4n) is 1.13. The molecular formula is C11H16N2O3. The highest BCUT2D eigenvalue weighted by atomic mass is 16.5. The molecule has 0 fully saturated rings. The van der Waals surface area contributed by atoms with Gasteiger partial charge in [-0.25, -0.2) is 14.8 Å². The standard InChI is InChI=1S/C11H16N2O3/c1-3-4-5-6-16-10-8-12-9(7-13-10)11(14)15-2/h7-8H,3-6H2,1-2H3. The molecule has 5 nitrogen and oxygen atoms in total. The lowest BCUT2D eigenvalue weighted by atomic mass is 10.3. The van der Waals surface area contributed by atoms with Gasteiger partial charge in [0.15, 0.2) is 5.69 Å². The molecule has 0 bridgehead atoms. The summed E-state index contributed by atoms with van der Waals surface area (Å²) >= 11 is 0. The number of unbranched alkanes of at least 4 members (excludes halogenated alkanes) is 2. The van der Waals surface area contributed by atoms with Gasteiger partial charge in [0.2, 0.25) is 5.88 Å². The van der Waals surface area contributed by atoms with E-state index >= 15 is 0 Å². The first-order chi connectivity index (χ1) is 7.77. The van der Waals surface area contributed by atoms with E-state index < -0.39 is 5.97 Å². The second-order valence-electron chi connectivity index (χ2n) is 3.29. The Bertz CT molecular complexity index is 325. The molecule has 0 saturated heterocycles. The lowest BCUT2D eigenvalue weighted by Crippen LogP contribution is -2.06. The first-order valence-corrected chi connectivity index (χ1v) is 5.31. The molecule has 0 N–H and O–H groups in total. The number of hydrogen-bond acceptors (Lipinski definition) is 5. The van der Waals surface area contributed by atoms with Crippen LogP contribution in [0.1, 0.15) is 36.7 Å². The van der Waals surface area contributed by atoms with E-state index in [0.29, 0.717) is 12.5 Å². The van der Waals surface area contributed by atoms with E-state index in [9.17, 15) is 4.79 Å². The van der Waals surface area contributed by atoms with Gasteiger partial charge in [-0.2, -0.15) is 0 Å². The Balaban J connectivity index is 2.42. The highest BCUT2D eigenvalue weighted by molar-refractivity contribution is 5.86. The van der Waals surface area contributed by atoms with Crippen LogP contribution in [0.4, 0.5) is 0 Å². The van der Waals surface area contributed by atoms with Crippen molar-refractivity contribution in [3.8, 4) is 5.88 Å². The van der Waals surface area contributed by atoms with Crippen molar-refractivity contribution in [2.75, 3.05) is 13.7 Å². The molecule has 1 aromatic heterocycles. The molecule has 88 valence electrons. The molecular weight excluding hydrogens is 208 g/mol. The largest absolute Gasteiger partial charge is 0.477 e. The number of hydrogen-bond donors (Lipinski definition) is 0. The molecule has 0 aliphatic heterocycles. The Morgan fingerprint density at radius 3 is 2.69 bits per heavy atom. The Morgan fingerprint density at radius 2 is 2.12 bits per heavy atom. The number of aromatic nitrogens is 2. The highest BCUT2D eigenvalue weighted by Gasteiger charge is 2.07. The maximum atomic E-state index is 11.1. The second-order valence-corrected chi connectivity index (χ2v) is 3.29. The first kappa shape index (κ1) is 12.4. The van der Waals surface area contributed by atoms with Gasteiger partial charge in [-0.1, -0.05) is 19.8 Å². The molecule has 0 aliphatic carbocycles. The van der Waals surface area contributed by atoms with Crippen LogP contribution in [0.5, 0.6) is 5.88 Å². The van der Waals surface area contributed by atoms with Gasteiger partial charge in [0.05, 0.1) is 26.1 Å². The summed E-state index contributed by atoms with van der Waals surface area (Å²) < 4.78 is 9.86. The Kier molecular flexibility index (Phi) is 5.25. The van der Waals surface area contributed by atoms with Crippen LogP contribution in [0.3, 0.4) is 0 Å². The van der Waals surface area contributed by atoms with Gasteiger partial charge >= 0.3 is 5.97 Å². The van der Waals surface area contributed by atoms with Crippen LogP contribution in [0, 0.1) is 0 Å². The van der Waals surface area contributed by atoms with E-state index in [1.807, 2.05) is 0 Å². The molecule has 1 rings (SSSR count). The molecule has 0 amide bonds. The molecule has 1 heterocycles. The molecule has 5 heteroatoms. The lowest BCUT2D eigenvalue weighted by Gasteiger charge is -2.04. The minimum atomic E-state index is -0.495. The zero-order chi connectivity index (χ0) is 11.8. The summed E-state index contributed by atoms with van der Waals surface area (Å²) in [5, 5.41) is 0.